The molecule has 120 valence electrons. The van der Waals surface area contributed by atoms with Crippen molar-refractivity contribution in [2.45, 2.75) is 18.9 Å². The van der Waals surface area contributed by atoms with E-state index in [1.165, 1.54) is 12.5 Å². The summed E-state index contributed by atoms with van der Waals surface area (Å²) in [6.07, 6.45) is 3.40. The first-order chi connectivity index (χ1) is 10.6. The van der Waals surface area contributed by atoms with Gasteiger partial charge in [0.2, 0.25) is 11.8 Å². The Kier molecular flexibility index (Phi) is 5.76. The number of halogens is 1. The van der Waals surface area contributed by atoms with Crippen LogP contribution >= 0.6 is 23.8 Å². The summed E-state index contributed by atoms with van der Waals surface area (Å²) in [5.74, 6) is -0.339. The Morgan fingerprint density at radius 2 is 2.45 bits per heavy atom. The molecule has 22 heavy (non-hydrogen) atoms. The minimum absolute atomic E-state index is 0.358. The van der Waals surface area contributed by atoms with Crippen LogP contribution in [0.2, 0.25) is 0 Å². The van der Waals surface area contributed by atoms with Crippen molar-refractivity contribution < 1.29 is 13.9 Å². The summed E-state index contributed by atoms with van der Waals surface area (Å²) >= 11 is 11.1. The number of carbonyl (C=O) groups excluding carboxylic acids is 1. The minimum Gasteiger partial charge on any atom is -0.443 e. The average molecular weight is 345 g/mol. The Morgan fingerprint density at radius 1 is 1.68 bits per heavy atom. The maximum absolute atomic E-state index is 11.8. The van der Waals surface area contributed by atoms with Gasteiger partial charge in [-0.2, -0.15) is 0 Å². The smallest absolute Gasteiger partial charge is 0.244 e. The van der Waals surface area contributed by atoms with Gasteiger partial charge < -0.3 is 24.4 Å². The van der Waals surface area contributed by atoms with Crippen molar-refractivity contribution in [1.82, 2.24) is 14.5 Å². The van der Waals surface area contributed by atoms with Crippen LogP contribution in [0.1, 0.15) is 18.0 Å². The zero-order chi connectivity index (χ0) is 16.1. The van der Waals surface area contributed by atoms with Crippen LogP contribution < -0.4 is 5.73 Å². The molecule has 0 saturated heterocycles. The van der Waals surface area contributed by atoms with Crippen LogP contribution in [-0.2, 0) is 16.1 Å². The second-order valence-electron chi connectivity index (χ2n) is 4.61. The molecule has 0 fully saturated rings. The maximum atomic E-state index is 11.8. The van der Waals surface area contributed by atoms with E-state index in [1.807, 2.05) is 0 Å². The predicted octanol–water partition coefficient (Wildman–Crippen LogP) is 2.04. The lowest BCUT2D eigenvalue weighted by Crippen LogP contribution is -2.23. The Labute approximate surface area is 137 Å². The molecule has 0 aromatic carbocycles. The van der Waals surface area contributed by atoms with E-state index in [1.54, 1.807) is 11.7 Å². The molecule has 0 bridgehead atoms. The summed E-state index contributed by atoms with van der Waals surface area (Å²) in [6.45, 7) is 0.851. The number of rotatable bonds is 8. The van der Waals surface area contributed by atoms with Crippen LogP contribution in [0.25, 0.3) is 11.6 Å². The molecule has 9 heteroatoms. The molecule has 0 aliphatic carbocycles. The Balaban J connectivity index is 2.56. The van der Waals surface area contributed by atoms with Crippen LogP contribution in [0, 0.1) is 4.77 Å². The van der Waals surface area contributed by atoms with Gasteiger partial charge in [0.15, 0.2) is 4.77 Å². The lowest BCUT2D eigenvalue weighted by Gasteiger charge is -2.13. The molecule has 0 saturated carbocycles. The van der Waals surface area contributed by atoms with E-state index >= 15 is 0 Å². The van der Waals surface area contributed by atoms with Crippen molar-refractivity contribution >= 4 is 29.7 Å². The number of nitrogens with one attached hydrogen (secondary N) is 1. The van der Waals surface area contributed by atoms with E-state index in [0.717, 1.165) is 0 Å². The normalized spacial score (nSPS) is 12.5. The molecule has 2 aromatic heterocycles. The third-order valence-corrected chi connectivity index (χ3v) is 3.75. The van der Waals surface area contributed by atoms with Crippen LogP contribution in [0.4, 0.5) is 0 Å². The van der Waals surface area contributed by atoms with Gasteiger partial charge in [0.1, 0.15) is 12.0 Å². The number of hydrogen-bond acceptors (Lipinski definition) is 5. The molecule has 1 unspecified atom stereocenters. The topological polar surface area (TPSA) is 99.1 Å². The number of imidazole rings is 1. The number of aromatic nitrogens is 3. The number of hydrogen-bond donors (Lipinski definition) is 2. The number of oxazole rings is 1. The SMILES string of the molecule is COCCC(C(N)=O)c1[nH]c(=S)n(CCCl)c1-c1ncco1. The van der Waals surface area contributed by atoms with Crippen molar-refractivity contribution in [2.75, 3.05) is 19.6 Å². The number of nitrogens with zero attached hydrogens (tertiary/aromatic N) is 2. The summed E-state index contributed by atoms with van der Waals surface area (Å²) in [4.78, 5) is 19.0. The van der Waals surface area contributed by atoms with E-state index in [-0.39, 0.29) is 0 Å². The summed E-state index contributed by atoms with van der Waals surface area (Å²) in [6, 6.07) is 0. The van der Waals surface area contributed by atoms with Gasteiger partial charge >= 0.3 is 0 Å². The van der Waals surface area contributed by atoms with Gasteiger partial charge in [-0.3, -0.25) is 4.79 Å². The third-order valence-electron chi connectivity index (χ3n) is 3.26. The lowest BCUT2D eigenvalue weighted by atomic mass is 9.99. The molecule has 1 atom stereocenters. The minimum atomic E-state index is -0.583. The number of primary amides is 1. The fourth-order valence-electron chi connectivity index (χ4n) is 2.27. The molecule has 0 spiro atoms. The van der Waals surface area contributed by atoms with Gasteiger partial charge in [0.25, 0.3) is 0 Å². The Hall–Kier alpha value is -1.64. The van der Waals surface area contributed by atoms with E-state index in [2.05, 4.69) is 9.97 Å². The molecule has 7 nitrogen and oxygen atoms in total. The molecule has 3 N–H and O–H groups in total. The fourth-order valence-corrected chi connectivity index (χ4v) is 2.74. The van der Waals surface area contributed by atoms with Gasteiger partial charge in [0, 0.05) is 26.1 Å². The highest BCUT2D eigenvalue weighted by molar-refractivity contribution is 7.71. The summed E-state index contributed by atoms with van der Waals surface area (Å²) in [5.41, 5.74) is 6.69. The van der Waals surface area contributed by atoms with Gasteiger partial charge in [-0.25, -0.2) is 4.98 Å². The first-order valence-corrected chi connectivity index (χ1v) is 7.61. The van der Waals surface area contributed by atoms with E-state index in [4.69, 9.17) is 38.7 Å². The highest BCUT2D eigenvalue weighted by Crippen LogP contribution is 2.30. The predicted molar refractivity (Wildman–Crippen MR) is 84.3 cm³/mol. The summed E-state index contributed by atoms with van der Waals surface area (Å²) < 4.78 is 12.6. The first kappa shape index (κ1) is 16.7. The number of H-pyrrole nitrogens is 1. The molecule has 0 radical (unpaired) electrons. The maximum Gasteiger partial charge on any atom is 0.244 e. The third kappa shape index (κ3) is 3.40. The first-order valence-electron chi connectivity index (χ1n) is 6.67. The standard InChI is InChI=1S/C13H17ClN4O3S/c1-20-6-2-8(11(15)19)9-10(12-16-4-7-21-12)18(5-3-14)13(22)17-9/h4,7-8H,2-3,5-6H2,1H3,(H2,15,19)(H,17,22). The molecular weight excluding hydrogens is 328 g/mol. The van der Waals surface area contributed by atoms with Crippen LogP contribution in [0.3, 0.4) is 0 Å². The monoisotopic (exact) mass is 344 g/mol. The van der Waals surface area contributed by atoms with E-state index in [0.29, 0.717) is 47.5 Å². The van der Waals surface area contributed by atoms with Gasteiger partial charge in [-0.05, 0) is 18.6 Å². The molecule has 2 rings (SSSR count). The van der Waals surface area contributed by atoms with Crippen molar-refractivity contribution in [3.63, 3.8) is 0 Å². The summed E-state index contributed by atoms with van der Waals surface area (Å²) in [5, 5.41) is 0. The van der Waals surface area contributed by atoms with Crippen molar-refractivity contribution in [3.8, 4) is 11.6 Å². The van der Waals surface area contributed by atoms with Crippen molar-refractivity contribution in [3.05, 3.63) is 22.9 Å². The lowest BCUT2D eigenvalue weighted by molar-refractivity contribution is -0.119. The Bertz CT molecular complexity index is 680. The number of aromatic amines is 1. The van der Waals surface area contributed by atoms with E-state index < -0.39 is 11.8 Å². The van der Waals surface area contributed by atoms with Crippen LogP contribution in [0.5, 0.6) is 0 Å². The molecule has 0 aliphatic rings. The quantitative estimate of drug-likeness (QED) is 0.564. The molecule has 1 amide bonds. The van der Waals surface area contributed by atoms with Crippen molar-refractivity contribution in [1.29, 1.82) is 0 Å². The fraction of sp³-hybridized carbons (Fsp3) is 0.462. The second kappa shape index (κ2) is 7.57. The highest BCUT2D eigenvalue weighted by Gasteiger charge is 2.27. The van der Waals surface area contributed by atoms with Crippen molar-refractivity contribution in [2.24, 2.45) is 5.73 Å². The zero-order valence-electron chi connectivity index (χ0n) is 12.0. The Morgan fingerprint density at radius 3 is 3.00 bits per heavy atom. The van der Waals surface area contributed by atoms with Gasteiger partial charge in [-0.1, -0.05) is 0 Å². The molecule has 2 heterocycles. The highest BCUT2D eigenvalue weighted by atomic mass is 35.5. The van der Waals surface area contributed by atoms with E-state index in [9.17, 15) is 4.79 Å². The number of ether oxygens (including phenoxy) is 1. The number of methoxy groups -OCH3 is 1. The molecule has 2 aromatic rings. The number of amides is 1. The van der Waals surface area contributed by atoms with Gasteiger partial charge in [-0.15, -0.1) is 11.6 Å². The zero-order valence-corrected chi connectivity index (χ0v) is 13.6. The van der Waals surface area contributed by atoms with Crippen LogP contribution in [0.15, 0.2) is 16.9 Å². The largest absolute Gasteiger partial charge is 0.443 e. The number of nitrogens with two attached hydrogens (primary N) is 1. The molecule has 0 aliphatic heterocycles. The summed E-state index contributed by atoms with van der Waals surface area (Å²) in [7, 11) is 1.56. The second-order valence-corrected chi connectivity index (χ2v) is 5.37. The number of carbonyl (C=O) groups is 1. The van der Waals surface area contributed by atoms with Crippen LogP contribution in [-0.4, -0.2) is 40.0 Å². The molecular formula is C13H17ClN4O3S. The number of alkyl halides is 1. The van der Waals surface area contributed by atoms with Gasteiger partial charge in [0.05, 0.1) is 17.8 Å². The average Bonchev–Trinajstić information content (AvgIpc) is 3.09.